The summed E-state index contributed by atoms with van der Waals surface area (Å²) in [6.45, 7) is 9.63. The summed E-state index contributed by atoms with van der Waals surface area (Å²) < 4.78 is 52.1. The van der Waals surface area contributed by atoms with E-state index in [1.54, 1.807) is 30.9 Å². The molecule has 0 N–H and O–H groups in total. The lowest BCUT2D eigenvalue weighted by Gasteiger charge is -2.33. The molecule has 0 bridgehead atoms. The molecule has 3 heterocycles. The zero-order valence-electron chi connectivity index (χ0n) is 23.3. The van der Waals surface area contributed by atoms with Crippen molar-refractivity contribution < 1.29 is 32.2 Å². The number of ether oxygens (including phenoxy) is 2. The van der Waals surface area contributed by atoms with Crippen LogP contribution in [0.2, 0.25) is 0 Å². The van der Waals surface area contributed by atoms with Gasteiger partial charge in [0.15, 0.2) is 5.11 Å². The minimum absolute atomic E-state index is 0.0252. The highest BCUT2D eigenvalue weighted by Crippen LogP contribution is 2.39. The Bertz CT molecular complexity index is 1390. The van der Waals surface area contributed by atoms with Crippen LogP contribution < -0.4 is 14.5 Å². The quantitative estimate of drug-likeness (QED) is 0.421. The maximum absolute atomic E-state index is 13.6. The number of rotatable bonds is 4. The molecule has 2 amide bonds. The Morgan fingerprint density at radius 1 is 1.12 bits per heavy atom. The first-order chi connectivity index (χ1) is 19.0. The molecule has 2 aromatic rings. The van der Waals surface area contributed by atoms with Crippen LogP contribution in [-0.2, 0) is 15.7 Å². The number of anilines is 2. The number of hydrogen-bond acceptors (Lipinski definition) is 7. The van der Waals surface area contributed by atoms with Gasteiger partial charge >= 0.3 is 12.3 Å². The topological polar surface area (TPSA) is 99.0 Å². The SMILES string of the molecule is CC(C)(C)OC(=O)N1CCC(Oc2ccc(N3C(=S)N(c4ccc(C#N)c(C(F)(F)F)c4)C(=O)C3(C)C)cn2)CC1. The highest BCUT2D eigenvalue weighted by atomic mass is 32.1. The zero-order valence-corrected chi connectivity index (χ0v) is 24.1. The summed E-state index contributed by atoms with van der Waals surface area (Å²) >= 11 is 5.56. The molecule has 4 rings (SSSR count). The number of alkyl halides is 3. The molecule has 218 valence electrons. The molecule has 41 heavy (non-hydrogen) atoms. The van der Waals surface area contributed by atoms with Crippen LogP contribution in [0.3, 0.4) is 0 Å². The lowest BCUT2D eigenvalue weighted by Crippen LogP contribution is -2.44. The lowest BCUT2D eigenvalue weighted by molar-refractivity contribution is -0.137. The van der Waals surface area contributed by atoms with Gasteiger partial charge in [-0.25, -0.2) is 9.78 Å². The van der Waals surface area contributed by atoms with Crippen molar-refractivity contribution in [2.45, 2.75) is 70.9 Å². The van der Waals surface area contributed by atoms with Gasteiger partial charge in [-0.05, 0) is 71.1 Å². The summed E-state index contributed by atoms with van der Waals surface area (Å²) in [5, 5.41) is 9.08. The van der Waals surface area contributed by atoms with Gasteiger partial charge in [0.25, 0.3) is 5.91 Å². The monoisotopic (exact) mass is 589 g/mol. The number of halogens is 3. The number of carbonyl (C=O) groups is 2. The van der Waals surface area contributed by atoms with Crippen molar-refractivity contribution in [2.24, 2.45) is 0 Å². The highest BCUT2D eigenvalue weighted by molar-refractivity contribution is 7.81. The number of nitrogens with zero attached hydrogens (tertiary/aromatic N) is 5. The largest absolute Gasteiger partial charge is 0.474 e. The first kappa shape index (κ1) is 30.0. The Labute approximate surface area is 241 Å². The van der Waals surface area contributed by atoms with E-state index in [9.17, 15) is 22.8 Å². The fourth-order valence-electron chi connectivity index (χ4n) is 4.69. The summed E-state index contributed by atoms with van der Waals surface area (Å²) in [4.78, 5) is 34.2. The first-order valence-corrected chi connectivity index (χ1v) is 13.3. The van der Waals surface area contributed by atoms with Crippen LogP contribution >= 0.6 is 12.2 Å². The average Bonchev–Trinajstić information content (AvgIpc) is 3.06. The number of aromatic nitrogens is 1. The molecule has 0 atom stereocenters. The molecule has 0 unspecified atom stereocenters. The molecule has 2 saturated heterocycles. The van der Waals surface area contributed by atoms with Crippen LogP contribution in [0.5, 0.6) is 5.88 Å². The fourth-order valence-corrected chi connectivity index (χ4v) is 5.21. The van der Waals surface area contributed by atoms with Crippen LogP contribution in [0, 0.1) is 11.3 Å². The lowest BCUT2D eigenvalue weighted by atomic mass is 10.0. The summed E-state index contributed by atoms with van der Waals surface area (Å²) in [7, 11) is 0. The van der Waals surface area contributed by atoms with Gasteiger partial charge in [0, 0.05) is 32.0 Å². The van der Waals surface area contributed by atoms with Crippen LogP contribution in [0.25, 0.3) is 0 Å². The number of benzene rings is 1. The highest BCUT2D eigenvalue weighted by Gasteiger charge is 2.51. The Hall–Kier alpha value is -3.92. The minimum atomic E-state index is -4.78. The normalized spacial score (nSPS) is 18.0. The number of nitriles is 1. The number of hydrogen-bond donors (Lipinski definition) is 0. The molecule has 0 spiro atoms. The van der Waals surface area contributed by atoms with Gasteiger partial charge in [-0.3, -0.25) is 9.69 Å². The number of likely N-dealkylation sites (tertiary alicyclic amines) is 1. The van der Waals surface area contributed by atoms with Crippen molar-refractivity contribution >= 4 is 40.7 Å². The Balaban J connectivity index is 1.47. The second kappa shape index (κ2) is 10.8. The molecule has 0 saturated carbocycles. The second-order valence-electron chi connectivity index (χ2n) is 11.3. The maximum atomic E-state index is 13.6. The van der Waals surface area contributed by atoms with Gasteiger partial charge in [0.2, 0.25) is 5.88 Å². The molecule has 2 fully saturated rings. The van der Waals surface area contributed by atoms with E-state index in [2.05, 4.69) is 4.98 Å². The van der Waals surface area contributed by atoms with Crippen molar-refractivity contribution in [1.82, 2.24) is 9.88 Å². The number of carbonyl (C=O) groups excluding carboxylic acids is 2. The molecule has 13 heteroatoms. The van der Waals surface area contributed by atoms with E-state index < -0.39 is 34.4 Å². The Kier molecular flexibility index (Phi) is 7.92. The molecule has 1 aromatic carbocycles. The third kappa shape index (κ3) is 6.22. The number of pyridine rings is 1. The van der Waals surface area contributed by atoms with Crippen molar-refractivity contribution in [3.63, 3.8) is 0 Å². The smallest absolute Gasteiger partial charge is 0.417 e. The van der Waals surface area contributed by atoms with Crippen LogP contribution in [0.4, 0.5) is 29.3 Å². The van der Waals surface area contributed by atoms with E-state index >= 15 is 0 Å². The van der Waals surface area contributed by atoms with E-state index in [0.29, 0.717) is 37.5 Å². The molecular formula is C28H30F3N5O4S. The molecule has 2 aliphatic heterocycles. The van der Waals surface area contributed by atoms with Gasteiger partial charge in [-0.1, -0.05) is 0 Å². The summed E-state index contributed by atoms with van der Waals surface area (Å²) in [6.07, 6.45) is -2.63. The van der Waals surface area contributed by atoms with Gasteiger partial charge in [0.1, 0.15) is 17.2 Å². The van der Waals surface area contributed by atoms with Crippen molar-refractivity contribution in [2.75, 3.05) is 22.9 Å². The summed E-state index contributed by atoms with van der Waals surface area (Å²) in [5.74, 6) is -0.185. The van der Waals surface area contributed by atoms with E-state index in [4.69, 9.17) is 27.0 Å². The van der Waals surface area contributed by atoms with Crippen LogP contribution in [0.1, 0.15) is 58.6 Å². The van der Waals surface area contributed by atoms with E-state index in [-0.39, 0.29) is 23.0 Å². The standard InChI is InChI=1S/C28H30F3N5O4S/c1-26(2,3)40-25(38)34-12-10-20(11-13-34)39-22-9-8-19(16-33-22)36-24(41)35(23(37)27(36,4)5)18-7-6-17(15-32)21(14-18)28(29,30)31/h6-9,14,16,20H,10-13H2,1-5H3. The van der Waals surface area contributed by atoms with E-state index in [1.807, 2.05) is 20.8 Å². The van der Waals surface area contributed by atoms with E-state index in [0.717, 1.165) is 17.0 Å². The molecule has 0 aliphatic carbocycles. The molecular weight excluding hydrogens is 559 g/mol. The van der Waals surface area contributed by atoms with Crippen molar-refractivity contribution in [1.29, 1.82) is 5.26 Å². The minimum Gasteiger partial charge on any atom is -0.474 e. The van der Waals surface area contributed by atoms with Gasteiger partial charge in [-0.2, -0.15) is 18.4 Å². The second-order valence-corrected chi connectivity index (χ2v) is 11.7. The van der Waals surface area contributed by atoms with E-state index in [1.165, 1.54) is 23.2 Å². The van der Waals surface area contributed by atoms with Crippen molar-refractivity contribution in [3.05, 3.63) is 47.7 Å². The third-order valence-electron chi connectivity index (χ3n) is 6.72. The van der Waals surface area contributed by atoms with Crippen LogP contribution in [-0.4, -0.2) is 57.3 Å². The summed E-state index contributed by atoms with van der Waals surface area (Å²) in [5.41, 5.74) is -3.14. The number of amides is 2. The number of thiocarbonyl (C=S) groups is 1. The van der Waals surface area contributed by atoms with Gasteiger partial charge in [-0.15, -0.1) is 0 Å². The number of piperidine rings is 1. The molecule has 2 aliphatic rings. The van der Waals surface area contributed by atoms with Gasteiger partial charge < -0.3 is 19.3 Å². The third-order valence-corrected chi connectivity index (χ3v) is 7.08. The average molecular weight is 590 g/mol. The molecule has 1 aromatic heterocycles. The molecule has 0 radical (unpaired) electrons. The Morgan fingerprint density at radius 3 is 2.29 bits per heavy atom. The maximum Gasteiger partial charge on any atom is 0.417 e. The predicted octanol–water partition coefficient (Wildman–Crippen LogP) is 5.67. The predicted molar refractivity (Wildman–Crippen MR) is 148 cm³/mol. The van der Waals surface area contributed by atoms with Crippen LogP contribution in [0.15, 0.2) is 36.5 Å². The zero-order chi connectivity index (χ0) is 30.3. The fraction of sp³-hybridized carbons (Fsp3) is 0.464. The molecule has 9 nitrogen and oxygen atoms in total. The van der Waals surface area contributed by atoms with Crippen molar-refractivity contribution in [3.8, 4) is 11.9 Å². The summed E-state index contributed by atoms with van der Waals surface area (Å²) in [6, 6.07) is 7.88. The van der Waals surface area contributed by atoms with Gasteiger partial charge in [0.05, 0.1) is 34.8 Å². The Morgan fingerprint density at radius 2 is 1.76 bits per heavy atom. The first-order valence-electron chi connectivity index (χ1n) is 12.9.